The van der Waals surface area contributed by atoms with Crippen LogP contribution in [0, 0.1) is 6.92 Å². The second-order valence-electron chi connectivity index (χ2n) is 9.53. The highest BCUT2D eigenvalue weighted by atomic mass is 32.2. The lowest BCUT2D eigenvalue weighted by molar-refractivity contribution is 0.149. The molecule has 4 nitrogen and oxygen atoms in total. The highest BCUT2D eigenvalue weighted by Gasteiger charge is 2.30. The quantitative estimate of drug-likeness (QED) is 0.300. The van der Waals surface area contributed by atoms with Gasteiger partial charge in [0.1, 0.15) is 0 Å². The van der Waals surface area contributed by atoms with Gasteiger partial charge in [0.15, 0.2) is 0 Å². The van der Waals surface area contributed by atoms with Gasteiger partial charge < -0.3 is 0 Å². The minimum absolute atomic E-state index is 0.125. The summed E-state index contributed by atoms with van der Waals surface area (Å²) >= 11 is 0. The molecule has 33 heavy (non-hydrogen) atoms. The molecule has 0 bridgehead atoms. The molecule has 0 amide bonds. The highest BCUT2D eigenvalue weighted by Crippen LogP contribution is 2.36. The Morgan fingerprint density at radius 3 is 2.30 bits per heavy atom. The molecular weight excluding hydrogens is 428 g/mol. The number of para-hydroxylation sites is 1. The van der Waals surface area contributed by atoms with Crippen LogP contribution >= 0.6 is 0 Å². The number of rotatable bonds is 10. The third-order valence-corrected chi connectivity index (χ3v) is 8.76. The van der Waals surface area contributed by atoms with Crippen molar-refractivity contribution in [2.75, 3.05) is 13.1 Å². The molecular formula is C28H38N2O2S. The minimum Gasteiger partial charge on any atom is -0.295 e. The molecule has 0 aliphatic carbocycles. The van der Waals surface area contributed by atoms with Crippen molar-refractivity contribution in [3.05, 3.63) is 65.9 Å². The summed E-state index contributed by atoms with van der Waals surface area (Å²) in [7, 11) is -3.70. The first-order valence-electron chi connectivity index (χ1n) is 12.7. The third-order valence-electron chi connectivity index (χ3n) is 7.01. The second kappa shape index (κ2) is 10.9. The maximum absolute atomic E-state index is 14.0. The van der Waals surface area contributed by atoms with Crippen molar-refractivity contribution in [3.63, 3.8) is 0 Å². The van der Waals surface area contributed by atoms with E-state index >= 15 is 0 Å². The van der Waals surface area contributed by atoms with Crippen molar-refractivity contribution < 1.29 is 8.42 Å². The van der Waals surface area contributed by atoms with E-state index in [2.05, 4.69) is 17.9 Å². The molecule has 1 atom stereocenters. The van der Waals surface area contributed by atoms with E-state index in [4.69, 9.17) is 0 Å². The van der Waals surface area contributed by atoms with Crippen LogP contribution in [0.15, 0.2) is 59.5 Å². The molecule has 0 spiro atoms. The fourth-order valence-corrected chi connectivity index (χ4v) is 6.72. The van der Waals surface area contributed by atoms with E-state index in [1.54, 1.807) is 16.1 Å². The molecule has 1 aromatic heterocycles. The van der Waals surface area contributed by atoms with Crippen molar-refractivity contribution in [2.45, 2.75) is 82.6 Å². The second-order valence-corrected chi connectivity index (χ2v) is 11.3. The minimum atomic E-state index is -3.70. The van der Waals surface area contributed by atoms with Crippen LogP contribution in [0.2, 0.25) is 0 Å². The Balaban J connectivity index is 1.78. The number of hydrogen-bond acceptors (Lipinski definition) is 3. The van der Waals surface area contributed by atoms with Gasteiger partial charge in [-0.1, -0.05) is 81.3 Å². The van der Waals surface area contributed by atoms with Gasteiger partial charge >= 0.3 is 0 Å². The van der Waals surface area contributed by atoms with Crippen molar-refractivity contribution in [2.24, 2.45) is 0 Å². The first-order chi connectivity index (χ1) is 16.0. The molecule has 1 unspecified atom stereocenters. The average molecular weight is 467 g/mol. The summed E-state index contributed by atoms with van der Waals surface area (Å²) < 4.78 is 29.6. The molecule has 1 aliphatic rings. The molecule has 2 aromatic carbocycles. The van der Waals surface area contributed by atoms with Crippen LogP contribution in [0.5, 0.6) is 0 Å². The molecule has 0 radical (unpaired) electrons. The fourth-order valence-electron chi connectivity index (χ4n) is 5.16. The van der Waals surface area contributed by atoms with E-state index in [-0.39, 0.29) is 6.04 Å². The predicted molar refractivity (Wildman–Crippen MR) is 137 cm³/mol. The molecule has 1 saturated heterocycles. The van der Waals surface area contributed by atoms with Crippen molar-refractivity contribution in [1.82, 2.24) is 8.87 Å². The monoisotopic (exact) mass is 466 g/mol. The number of fused-ring (bicyclic) bond motifs is 1. The summed E-state index contributed by atoms with van der Waals surface area (Å²) in [5.41, 5.74) is 2.76. The van der Waals surface area contributed by atoms with E-state index in [0.29, 0.717) is 4.90 Å². The first kappa shape index (κ1) is 24.0. The molecule has 0 N–H and O–H groups in total. The molecule has 2 heterocycles. The summed E-state index contributed by atoms with van der Waals surface area (Å²) in [4.78, 5) is 2.90. The molecule has 1 fully saturated rings. The van der Waals surface area contributed by atoms with Gasteiger partial charge in [0.25, 0.3) is 10.0 Å². The lowest BCUT2D eigenvalue weighted by Gasteiger charge is -2.35. The van der Waals surface area contributed by atoms with Crippen molar-refractivity contribution in [3.8, 4) is 0 Å². The van der Waals surface area contributed by atoms with Crippen molar-refractivity contribution in [1.29, 1.82) is 0 Å². The smallest absolute Gasteiger partial charge is 0.268 e. The zero-order chi connectivity index (χ0) is 23.3. The SMILES string of the molecule is CCCCCCCC(c1cc2ccccc2n1S(=O)(=O)c1ccc(C)cc1)N1CCCCC1. The van der Waals surface area contributed by atoms with E-state index in [1.165, 1.54) is 44.9 Å². The molecule has 3 aromatic rings. The number of aryl methyl sites for hydroxylation is 1. The summed E-state index contributed by atoms with van der Waals surface area (Å²) in [6.07, 6.45) is 10.8. The molecule has 1 aliphatic heterocycles. The normalized spacial score (nSPS) is 16.3. The number of piperidine rings is 1. The van der Waals surface area contributed by atoms with Gasteiger partial charge in [0, 0.05) is 5.39 Å². The van der Waals surface area contributed by atoms with E-state index in [0.717, 1.165) is 48.1 Å². The first-order valence-corrected chi connectivity index (χ1v) is 14.1. The number of nitrogens with zero attached hydrogens (tertiary/aromatic N) is 2. The molecule has 5 heteroatoms. The number of benzene rings is 2. The van der Waals surface area contributed by atoms with Crippen LogP contribution in [0.3, 0.4) is 0 Å². The van der Waals surface area contributed by atoms with Crippen LogP contribution in [-0.4, -0.2) is 30.4 Å². The number of aromatic nitrogens is 1. The number of unbranched alkanes of at least 4 members (excludes halogenated alkanes) is 4. The van der Waals surface area contributed by atoms with Gasteiger partial charge in [-0.3, -0.25) is 4.90 Å². The van der Waals surface area contributed by atoms with Crippen LogP contribution < -0.4 is 0 Å². The van der Waals surface area contributed by atoms with E-state index in [1.807, 2.05) is 43.3 Å². The summed E-state index contributed by atoms with van der Waals surface area (Å²) in [6, 6.07) is 17.4. The average Bonchev–Trinajstić information content (AvgIpc) is 3.22. The zero-order valence-electron chi connectivity index (χ0n) is 20.2. The summed E-state index contributed by atoms with van der Waals surface area (Å²) in [6.45, 7) is 6.32. The van der Waals surface area contributed by atoms with Gasteiger partial charge in [-0.15, -0.1) is 0 Å². The Morgan fingerprint density at radius 2 is 1.58 bits per heavy atom. The Hall–Kier alpha value is -2.11. The standard InChI is InChI=1S/C28H38N2O2S/c1-3-4-5-6-8-15-27(29-20-11-7-12-21-29)28-22-24-13-9-10-14-26(24)30(28)33(31,32)25-18-16-23(2)17-19-25/h9-10,13-14,16-19,22,27H,3-8,11-12,15,20-21H2,1-2H3. The van der Waals surface area contributed by atoms with Gasteiger partial charge in [0.2, 0.25) is 0 Å². The van der Waals surface area contributed by atoms with Crippen LogP contribution in [0.1, 0.15) is 82.0 Å². The van der Waals surface area contributed by atoms with Gasteiger partial charge in [-0.05, 0) is 63.5 Å². The van der Waals surface area contributed by atoms with Crippen LogP contribution in [0.4, 0.5) is 0 Å². The maximum Gasteiger partial charge on any atom is 0.268 e. The number of hydrogen-bond donors (Lipinski definition) is 0. The zero-order valence-corrected chi connectivity index (χ0v) is 21.0. The summed E-state index contributed by atoms with van der Waals surface area (Å²) in [5.74, 6) is 0. The van der Waals surface area contributed by atoms with E-state index in [9.17, 15) is 8.42 Å². The predicted octanol–water partition coefficient (Wildman–Crippen LogP) is 7.07. The van der Waals surface area contributed by atoms with Gasteiger partial charge in [-0.2, -0.15) is 0 Å². The fraction of sp³-hybridized carbons (Fsp3) is 0.500. The van der Waals surface area contributed by atoms with Crippen molar-refractivity contribution >= 4 is 20.9 Å². The van der Waals surface area contributed by atoms with Gasteiger partial charge in [-0.25, -0.2) is 12.4 Å². The molecule has 178 valence electrons. The molecule has 0 saturated carbocycles. The Bertz CT molecular complexity index is 1140. The third kappa shape index (κ3) is 5.36. The van der Waals surface area contributed by atoms with Crippen LogP contribution in [-0.2, 0) is 10.0 Å². The number of likely N-dealkylation sites (tertiary alicyclic amines) is 1. The van der Waals surface area contributed by atoms with Gasteiger partial charge in [0.05, 0.1) is 22.1 Å². The highest BCUT2D eigenvalue weighted by molar-refractivity contribution is 7.90. The van der Waals surface area contributed by atoms with E-state index < -0.39 is 10.0 Å². The Kier molecular flexibility index (Phi) is 7.92. The Morgan fingerprint density at radius 1 is 0.879 bits per heavy atom. The van der Waals surface area contributed by atoms with Crippen LogP contribution in [0.25, 0.3) is 10.9 Å². The Labute approximate surface area is 199 Å². The maximum atomic E-state index is 14.0. The lowest BCUT2D eigenvalue weighted by atomic mass is 9.99. The lowest BCUT2D eigenvalue weighted by Crippen LogP contribution is -2.35. The summed E-state index contributed by atoms with van der Waals surface area (Å²) in [5, 5.41) is 0.996. The largest absolute Gasteiger partial charge is 0.295 e. The molecule has 4 rings (SSSR count). The topological polar surface area (TPSA) is 42.3 Å².